The second kappa shape index (κ2) is 9.59. The van der Waals surface area contributed by atoms with Crippen LogP contribution < -0.4 is 4.74 Å². The molecule has 5 nitrogen and oxygen atoms in total. The third kappa shape index (κ3) is 5.03. The number of amides is 1. The van der Waals surface area contributed by atoms with Crippen molar-refractivity contribution in [1.82, 2.24) is 9.80 Å². The van der Waals surface area contributed by atoms with Crippen LogP contribution in [-0.2, 0) is 11.2 Å². The van der Waals surface area contributed by atoms with Crippen molar-refractivity contribution >= 4 is 17.5 Å². The van der Waals surface area contributed by atoms with Gasteiger partial charge in [0, 0.05) is 37.6 Å². The number of nitriles is 1. The molecule has 0 spiro atoms. The summed E-state index contributed by atoms with van der Waals surface area (Å²) >= 11 is 6.06. The molecular weight excluding hydrogens is 374 g/mol. The van der Waals surface area contributed by atoms with Gasteiger partial charge in [-0.1, -0.05) is 35.9 Å². The highest BCUT2D eigenvalue weighted by Gasteiger charge is 2.27. The highest BCUT2D eigenvalue weighted by molar-refractivity contribution is 6.30. The van der Waals surface area contributed by atoms with Gasteiger partial charge in [0.1, 0.15) is 11.8 Å². The van der Waals surface area contributed by atoms with Crippen LogP contribution in [0.3, 0.4) is 0 Å². The van der Waals surface area contributed by atoms with E-state index in [2.05, 4.69) is 11.0 Å². The lowest BCUT2D eigenvalue weighted by molar-refractivity contribution is -0.133. The molecule has 1 amide bonds. The Morgan fingerprint density at radius 1 is 1.18 bits per heavy atom. The van der Waals surface area contributed by atoms with Crippen molar-refractivity contribution in [2.45, 2.75) is 18.9 Å². The Balaban J connectivity index is 1.51. The molecule has 2 aromatic carbocycles. The lowest BCUT2D eigenvalue weighted by Crippen LogP contribution is -2.49. The molecule has 0 bridgehead atoms. The molecule has 1 fully saturated rings. The topological polar surface area (TPSA) is 56.6 Å². The number of piperazine rings is 1. The third-order valence-electron chi connectivity index (χ3n) is 5.11. The van der Waals surface area contributed by atoms with Crippen molar-refractivity contribution in [2.75, 3.05) is 33.3 Å². The number of methoxy groups -OCH3 is 1. The monoisotopic (exact) mass is 397 g/mol. The zero-order valence-corrected chi connectivity index (χ0v) is 16.7. The predicted octanol–water partition coefficient (Wildman–Crippen LogP) is 3.69. The minimum atomic E-state index is -0.338. The molecule has 28 heavy (non-hydrogen) atoms. The number of carbonyl (C=O) groups is 1. The molecular formula is C22H24ClN3O2. The van der Waals surface area contributed by atoms with E-state index in [0.29, 0.717) is 44.0 Å². The molecule has 1 aliphatic rings. The molecule has 6 heteroatoms. The number of nitrogens with zero attached hydrogens (tertiary/aromatic N) is 3. The quantitative estimate of drug-likeness (QED) is 0.745. The minimum absolute atomic E-state index is 0.159. The first-order chi connectivity index (χ1) is 13.6. The summed E-state index contributed by atoms with van der Waals surface area (Å²) in [5.41, 5.74) is 2.02. The average molecular weight is 398 g/mol. The maximum absolute atomic E-state index is 12.6. The van der Waals surface area contributed by atoms with Crippen LogP contribution in [0.2, 0.25) is 5.02 Å². The fourth-order valence-corrected chi connectivity index (χ4v) is 3.67. The highest BCUT2D eigenvalue weighted by atomic mass is 35.5. The lowest BCUT2D eigenvalue weighted by Gasteiger charge is -2.37. The molecule has 1 unspecified atom stereocenters. The van der Waals surface area contributed by atoms with Crippen LogP contribution in [0.5, 0.6) is 5.75 Å². The van der Waals surface area contributed by atoms with Gasteiger partial charge >= 0.3 is 0 Å². The van der Waals surface area contributed by atoms with Gasteiger partial charge in [-0.3, -0.25) is 9.69 Å². The molecule has 1 saturated heterocycles. The van der Waals surface area contributed by atoms with E-state index in [4.69, 9.17) is 16.3 Å². The first kappa shape index (κ1) is 20.2. The second-order valence-corrected chi connectivity index (χ2v) is 7.29. The van der Waals surface area contributed by atoms with E-state index in [1.54, 1.807) is 13.2 Å². The van der Waals surface area contributed by atoms with Crippen LogP contribution in [0.1, 0.15) is 23.6 Å². The van der Waals surface area contributed by atoms with Gasteiger partial charge in [0.15, 0.2) is 0 Å². The van der Waals surface area contributed by atoms with E-state index >= 15 is 0 Å². The van der Waals surface area contributed by atoms with E-state index in [-0.39, 0.29) is 11.9 Å². The fraction of sp³-hybridized carbons (Fsp3) is 0.364. The molecule has 1 aliphatic heterocycles. The maximum atomic E-state index is 12.6. The summed E-state index contributed by atoms with van der Waals surface area (Å²) < 4.78 is 5.16. The Bertz CT molecular complexity index is 840. The van der Waals surface area contributed by atoms with Crippen molar-refractivity contribution in [3.63, 3.8) is 0 Å². The number of halogens is 1. The number of aryl methyl sites for hydroxylation is 1. The van der Waals surface area contributed by atoms with Crippen molar-refractivity contribution in [3.05, 3.63) is 64.7 Å². The first-order valence-electron chi connectivity index (χ1n) is 9.40. The fourth-order valence-electron chi connectivity index (χ4n) is 3.47. The van der Waals surface area contributed by atoms with Gasteiger partial charge in [0.25, 0.3) is 0 Å². The van der Waals surface area contributed by atoms with E-state index in [0.717, 1.165) is 16.9 Å². The van der Waals surface area contributed by atoms with Gasteiger partial charge in [0.2, 0.25) is 5.91 Å². The highest BCUT2D eigenvalue weighted by Crippen LogP contribution is 2.24. The summed E-state index contributed by atoms with van der Waals surface area (Å²) in [4.78, 5) is 16.6. The molecule has 3 rings (SSSR count). The Morgan fingerprint density at radius 3 is 2.50 bits per heavy atom. The van der Waals surface area contributed by atoms with E-state index < -0.39 is 0 Å². The van der Waals surface area contributed by atoms with E-state index in [9.17, 15) is 10.1 Å². The van der Waals surface area contributed by atoms with Crippen LogP contribution >= 0.6 is 11.6 Å². The Kier molecular flexibility index (Phi) is 6.91. The van der Waals surface area contributed by atoms with Crippen molar-refractivity contribution in [3.8, 4) is 11.8 Å². The number of carbonyl (C=O) groups excluding carboxylic acids is 1. The van der Waals surface area contributed by atoms with Crippen LogP contribution in [0.25, 0.3) is 0 Å². The number of hydrogen-bond acceptors (Lipinski definition) is 4. The van der Waals surface area contributed by atoms with Gasteiger partial charge < -0.3 is 9.64 Å². The first-order valence-corrected chi connectivity index (χ1v) is 9.78. The minimum Gasteiger partial charge on any atom is -0.497 e. The summed E-state index contributed by atoms with van der Waals surface area (Å²) in [5.74, 6) is 0.977. The van der Waals surface area contributed by atoms with Gasteiger partial charge in [0.05, 0.1) is 13.2 Å². The third-order valence-corrected chi connectivity index (χ3v) is 5.34. The summed E-state index contributed by atoms with van der Waals surface area (Å²) in [5, 5.41) is 10.3. The van der Waals surface area contributed by atoms with Gasteiger partial charge in [-0.15, -0.1) is 0 Å². The standard InChI is InChI=1S/C22H24ClN3O2/c1-28-20-8-5-17(6-9-20)7-10-22(27)26-13-11-25(12-14-26)21(16-24)18-3-2-4-19(23)15-18/h2-6,8-9,15,21H,7,10-14H2,1H3. The average Bonchev–Trinajstić information content (AvgIpc) is 2.73. The van der Waals surface area contributed by atoms with Gasteiger partial charge in [-0.2, -0.15) is 5.26 Å². The van der Waals surface area contributed by atoms with E-state index in [1.165, 1.54) is 0 Å². The van der Waals surface area contributed by atoms with E-state index in [1.807, 2.05) is 47.4 Å². The van der Waals surface area contributed by atoms with Gasteiger partial charge in [-0.25, -0.2) is 0 Å². The summed E-state index contributed by atoms with van der Waals surface area (Å²) in [6.07, 6.45) is 1.20. The van der Waals surface area contributed by atoms with Gasteiger partial charge in [-0.05, 0) is 41.8 Å². The molecule has 0 N–H and O–H groups in total. The maximum Gasteiger partial charge on any atom is 0.222 e. The normalized spacial score (nSPS) is 15.7. The molecule has 0 saturated carbocycles. The molecule has 146 valence electrons. The van der Waals surface area contributed by atoms with Crippen molar-refractivity contribution < 1.29 is 9.53 Å². The molecule has 1 heterocycles. The molecule has 2 aromatic rings. The summed E-state index contributed by atoms with van der Waals surface area (Å²) in [7, 11) is 1.64. The largest absolute Gasteiger partial charge is 0.497 e. The number of ether oxygens (including phenoxy) is 1. The second-order valence-electron chi connectivity index (χ2n) is 6.85. The molecule has 0 aromatic heterocycles. The number of rotatable bonds is 6. The molecule has 1 atom stereocenters. The van der Waals surface area contributed by atoms with Crippen molar-refractivity contribution in [2.24, 2.45) is 0 Å². The summed E-state index contributed by atoms with van der Waals surface area (Å²) in [6, 6.07) is 17.3. The van der Waals surface area contributed by atoms with Crippen LogP contribution in [0.4, 0.5) is 0 Å². The zero-order valence-electron chi connectivity index (χ0n) is 16.0. The smallest absolute Gasteiger partial charge is 0.222 e. The number of benzene rings is 2. The van der Waals surface area contributed by atoms with Crippen LogP contribution in [0, 0.1) is 11.3 Å². The van der Waals surface area contributed by atoms with Crippen molar-refractivity contribution in [1.29, 1.82) is 5.26 Å². The Hall–Kier alpha value is -2.55. The van der Waals surface area contributed by atoms with Crippen LogP contribution in [-0.4, -0.2) is 49.0 Å². The lowest BCUT2D eigenvalue weighted by atomic mass is 10.1. The SMILES string of the molecule is COc1ccc(CCC(=O)N2CCN(C(C#N)c3cccc(Cl)c3)CC2)cc1. The number of hydrogen-bond donors (Lipinski definition) is 0. The predicted molar refractivity (Wildman–Crippen MR) is 109 cm³/mol. The molecule has 0 aliphatic carbocycles. The molecule has 0 radical (unpaired) electrons. The Morgan fingerprint density at radius 2 is 1.89 bits per heavy atom. The Labute approximate surface area is 171 Å². The zero-order chi connectivity index (χ0) is 19.9. The summed E-state index contributed by atoms with van der Waals surface area (Å²) in [6.45, 7) is 2.64. The van der Waals surface area contributed by atoms with Crippen LogP contribution in [0.15, 0.2) is 48.5 Å².